The van der Waals surface area contributed by atoms with Crippen LogP contribution in [0.2, 0.25) is 0 Å². The standard InChI is InChI=1S/C20H28N4O.ClH/c21-11-17-12-24(13-18(17)15-7-3-1-4-8-15)14-19-22-20(25-23-19)16-9-5-2-6-10-16;/h1,3-4,7-8,16-18H,2,5-6,9-14,21H2;1H/t17-,18+;/m1./s1. The van der Waals surface area contributed by atoms with Crippen molar-refractivity contribution < 1.29 is 4.52 Å². The molecule has 2 N–H and O–H groups in total. The maximum absolute atomic E-state index is 6.04. The van der Waals surface area contributed by atoms with E-state index in [0.717, 1.165) is 37.9 Å². The second-order valence-corrected chi connectivity index (χ2v) is 7.59. The summed E-state index contributed by atoms with van der Waals surface area (Å²) in [5.74, 6) is 3.14. The molecule has 0 radical (unpaired) electrons. The molecule has 0 amide bonds. The molecule has 6 heteroatoms. The van der Waals surface area contributed by atoms with Gasteiger partial charge in [-0.25, -0.2) is 0 Å². The predicted octanol–water partition coefficient (Wildman–Crippen LogP) is 3.71. The Morgan fingerprint density at radius 2 is 1.85 bits per heavy atom. The van der Waals surface area contributed by atoms with E-state index in [4.69, 9.17) is 15.2 Å². The molecule has 142 valence electrons. The zero-order valence-electron chi connectivity index (χ0n) is 15.2. The van der Waals surface area contributed by atoms with Crippen molar-refractivity contribution in [3.8, 4) is 0 Å². The number of benzene rings is 1. The topological polar surface area (TPSA) is 68.2 Å². The molecule has 0 unspecified atom stereocenters. The summed E-state index contributed by atoms with van der Waals surface area (Å²) in [5.41, 5.74) is 7.43. The van der Waals surface area contributed by atoms with Crippen molar-refractivity contribution in [3.63, 3.8) is 0 Å². The van der Waals surface area contributed by atoms with E-state index < -0.39 is 0 Å². The second-order valence-electron chi connectivity index (χ2n) is 7.59. The summed E-state index contributed by atoms with van der Waals surface area (Å²) < 4.78 is 5.57. The van der Waals surface area contributed by atoms with E-state index in [-0.39, 0.29) is 12.4 Å². The van der Waals surface area contributed by atoms with Crippen LogP contribution in [0.15, 0.2) is 34.9 Å². The number of halogens is 1. The Kier molecular flexibility index (Phi) is 6.68. The molecule has 0 spiro atoms. The molecule has 2 fully saturated rings. The van der Waals surface area contributed by atoms with Gasteiger partial charge in [0.2, 0.25) is 5.89 Å². The number of hydrogen-bond acceptors (Lipinski definition) is 5. The summed E-state index contributed by atoms with van der Waals surface area (Å²) in [6.07, 6.45) is 6.29. The van der Waals surface area contributed by atoms with E-state index in [0.29, 0.717) is 17.8 Å². The molecular weight excluding hydrogens is 348 g/mol. The number of rotatable bonds is 5. The van der Waals surface area contributed by atoms with Gasteiger partial charge in [0.05, 0.1) is 6.54 Å². The molecule has 2 atom stereocenters. The van der Waals surface area contributed by atoms with Crippen LogP contribution < -0.4 is 5.73 Å². The lowest BCUT2D eigenvalue weighted by Crippen LogP contribution is -2.23. The lowest BCUT2D eigenvalue weighted by molar-refractivity contribution is 0.290. The minimum atomic E-state index is 0. The minimum Gasteiger partial charge on any atom is -0.339 e. The Hall–Kier alpha value is -1.43. The van der Waals surface area contributed by atoms with Crippen molar-refractivity contribution in [1.82, 2.24) is 15.0 Å². The van der Waals surface area contributed by atoms with Gasteiger partial charge in [0.25, 0.3) is 0 Å². The molecule has 1 aliphatic carbocycles. The third-order valence-electron chi connectivity index (χ3n) is 5.85. The van der Waals surface area contributed by atoms with Gasteiger partial charge in [-0.3, -0.25) is 4.90 Å². The van der Waals surface area contributed by atoms with Gasteiger partial charge in [-0.2, -0.15) is 4.98 Å². The number of likely N-dealkylation sites (tertiary alicyclic amines) is 1. The van der Waals surface area contributed by atoms with Gasteiger partial charge < -0.3 is 10.3 Å². The molecular formula is C20H29ClN4O. The van der Waals surface area contributed by atoms with E-state index in [1.165, 1.54) is 37.7 Å². The average molecular weight is 377 g/mol. The largest absolute Gasteiger partial charge is 0.339 e. The first-order valence-electron chi connectivity index (χ1n) is 9.63. The molecule has 2 aromatic rings. The number of hydrogen-bond donors (Lipinski definition) is 1. The van der Waals surface area contributed by atoms with Crippen molar-refractivity contribution in [2.45, 2.75) is 50.5 Å². The Morgan fingerprint density at radius 3 is 2.58 bits per heavy atom. The van der Waals surface area contributed by atoms with Crippen molar-refractivity contribution in [2.75, 3.05) is 19.6 Å². The molecule has 4 rings (SSSR count). The molecule has 1 aromatic carbocycles. The molecule has 1 aromatic heterocycles. The molecule has 5 nitrogen and oxygen atoms in total. The summed E-state index contributed by atoms with van der Waals surface area (Å²) in [6, 6.07) is 10.7. The van der Waals surface area contributed by atoms with Crippen LogP contribution >= 0.6 is 12.4 Å². The highest BCUT2D eigenvalue weighted by Crippen LogP contribution is 2.34. The first kappa shape index (κ1) is 19.3. The zero-order valence-corrected chi connectivity index (χ0v) is 16.0. The number of nitrogens with zero attached hydrogens (tertiary/aromatic N) is 3. The van der Waals surface area contributed by atoms with Crippen molar-refractivity contribution >= 4 is 12.4 Å². The van der Waals surface area contributed by atoms with Crippen LogP contribution in [0.1, 0.15) is 61.2 Å². The molecule has 1 aliphatic heterocycles. The Labute approximate surface area is 161 Å². The minimum absolute atomic E-state index is 0. The van der Waals surface area contributed by atoms with E-state index in [1.54, 1.807) is 0 Å². The van der Waals surface area contributed by atoms with Crippen LogP contribution in [-0.2, 0) is 6.54 Å². The third kappa shape index (κ3) is 4.27. The highest BCUT2D eigenvalue weighted by atomic mass is 35.5. The van der Waals surface area contributed by atoms with Crippen molar-refractivity contribution in [1.29, 1.82) is 0 Å². The molecule has 1 saturated heterocycles. The first-order valence-corrected chi connectivity index (χ1v) is 9.63. The third-order valence-corrected chi connectivity index (χ3v) is 5.85. The zero-order chi connectivity index (χ0) is 17.1. The molecule has 2 aliphatic rings. The van der Waals surface area contributed by atoms with Crippen LogP contribution in [0.3, 0.4) is 0 Å². The average Bonchev–Trinajstić information content (AvgIpc) is 3.30. The van der Waals surface area contributed by atoms with Gasteiger partial charge in [-0.15, -0.1) is 12.4 Å². The van der Waals surface area contributed by atoms with Crippen LogP contribution in [0.25, 0.3) is 0 Å². The fourth-order valence-corrected chi connectivity index (χ4v) is 4.45. The van der Waals surface area contributed by atoms with Crippen LogP contribution in [-0.4, -0.2) is 34.7 Å². The van der Waals surface area contributed by atoms with E-state index in [9.17, 15) is 0 Å². The van der Waals surface area contributed by atoms with E-state index in [1.807, 2.05) is 0 Å². The molecule has 26 heavy (non-hydrogen) atoms. The molecule has 1 saturated carbocycles. The predicted molar refractivity (Wildman–Crippen MR) is 104 cm³/mol. The van der Waals surface area contributed by atoms with Gasteiger partial charge in [-0.05, 0) is 30.9 Å². The summed E-state index contributed by atoms with van der Waals surface area (Å²) in [7, 11) is 0. The van der Waals surface area contributed by atoms with Gasteiger partial charge >= 0.3 is 0 Å². The Balaban J connectivity index is 0.00000196. The lowest BCUT2D eigenvalue weighted by Gasteiger charge is -2.17. The maximum atomic E-state index is 6.04. The highest BCUT2D eigenvalue weighted by Gasteiger charge is 2.33. The summed E-state index contributed by atoms with van der Waals surface area (Å²) >= 11 is 0. The molecule has 2 heterocycles. The van der Waals surface area contributed by atoms with E-state index in [2.05, 4.69) is 40.4 Å². The maximum Gasteiger partial charge on any atom is 0.229 e. The smallest absolute Gasteiger partial charge is 0.229 e. The SMILES string of the molecule is Cl.NC[C@@H]1CN(Cc2noc(C3CCCCC3)n2)C[C@H]1c1ccccc1. The summed E-state index contributed by atoms with van der Waals surface area (Å²) in [5, 5.41) is 4.24. The van der Waals surface area contributed by atoms with Gasteiger partial charge in [0.15, 0.2) is 5.82 Å². The van der Waals surface area contributed by atoms with Crippen LogP contribution in [0.5, 0.6) is 0 Å². The monoisotopic (exact) mass is 376 g/mol. The van der Waals surface area contributed by atoms with Crippen LogP contribution in [0.4, 0.5) is 0 Å². The first-order chi connectivity index (χ1) is 12.3. The fourth-order valence-electron chi connectivity index (χ4n) is 4.45. The van der Waals surface area contributed by atoms with E-state index >= 15 is 0 Å². The highest BCUT2D eigenvalue weighted by molar-refractivity contribution is 5.85. The Morgan fingerprint density at radius 1 is 1.08 bits per heavy atom. The van der Waals surface area contributed by atoms with Gasteiger partial charge in [0, 0.05) is 24.9 Å². The Bertz CT molecular complexity index is 671. The van der Waals surface area contributed by atoms with Gasteiger partial charge in [0.1, 0.15) is 0 Å². The fraction of sp³-hybridized carbons (Fsp3) is 0.600. The second kappa shape index (κ2) is 8.98. The van der Waals surface area contributed by atoms with Crippen molar-refractivity contribution in [2.24, 2.45) is 11.7 Å². The van der Waals surface area contributed by atoms with Gasteiger partial charge in [-0.1, -0.05) is 54.8 Å². The number of aromatic nitrogens is 2. The quantitative estimate of drug-likeness (QED) is 0.861. The van der Waals surface area contributed by atoms with Crippen molar-refractivity contribution in [3.05, 3.63) is 47.6 Å². The summed E-state index contributed by atoms with van der Waals surface area (Å²) in [6.45, 7) is 3.49. The molecule has 0 bridgehead atoms. The number of nitrogens with two attached hydrogens (primary N) is 1. The summed E-state index contributed by atoms with van der Waals surface area (Å²) in [4.78, 5) is 7.12. The lowest BCUT2D eigenvalue weighted by atomic mass is 9.89. The van der Waals surface area contributed by atoms with Crippen LogP contribution in [0, 0.1) is 5.92 Å². The normalized spacial score (nSPS) is 24.5.